The number of carbonyl (C=O) groups excluding carboxylic acids is 1. The van der Waals surface area contributed by atoms with Crippen molar-refractivity contribution in [2.24, 2.45) is 0 Å². The van der Waals surface area contributed by atoms with Crippen molar-refractivity contribution in [1.29, 1.82) is 0 Å². The molecule has 0 radical (unpaired) electrons. The van der Waals surface area contributed by atoms with E-state index < -0.39 is 62.3 Å². The summed E-state index contributed by atoms with van der Waals surface area (Å²) in [6.45, 7) is -0.0835. The summed E-state index contributed by atoms with van der Waals surface area (Å²) in [6, 6.07) is 7.05. The molecule has 0 saturated carbocycles. The zero-order valence-electron chi connectivity index (χ0n) is 17.4. The molecular formula is C21H14F5N3O5S. The number of nitrogens with zero attached hydrogens (tertiary/aromatic N) is 2. The SMILES string of the molecule is O=C(CCS(=O)(=O)c1nc(-c2ccc3c(c2)OCO3)cc(C(F)(F)F)n1)Nc1ccc(F)cc1F. The van der Waals surface area contributed by atoms with E-state index in [1.807, 2.05) is 0 Å². The van der Waals surface area contributed by atoms with Gasteiger partial charge >= 0.3 is 6.18 Å². The highest BCUT2D eigenvalue weighted by Gasteiger charge is 2.35. The quantitative estimate of drug-likeness (QED) is 0.391. The van der Waals surface area contributed by atoms with Gasteiger partial charge in [-0.05, 0) is 36.4 Å². The van der Waals surface area contributed by atoms with Crippen molar-refractivity contribution in [3.8, 4) is 22.8 Å². The molecule has 1 aromatic heterocycles. The van der Waals surface area contributed by atoms with Gasteiger partial charge in [-0.1, -0.05) is 0 Å². The second-order valence-corrected chi connectivity index (χ2v) is 9.23. The predicted octanol–water partition coefficient (Wildman–Crippen LogP) is 3.97. The van der Waals surface area contributed by atoms with Gasteiger partial charge in [0.25, 0.3) is 0 Å². The molecule has 1 aliphatic rings. The van der Waals surface area contributed by atoms with Gasteiger partial charge in [-0.25, -0.2) is 27.2 Å². The van der Waals surface area contributed by atoms with E-state index in [4.69, 9.17) is 9.47 Å². The van der Waals surface area contributed by atoms with E-state index in [-0.39, 0.29) is 23.8 Å². The topological polar surface area (TPSA) is 107 Å². The lowest BCUT2D eigenvalue weighted by molar-refractivity contribution is -0.141. The Bertz CT molecular complexity index is 1410. The number of aromatic nitrogens is 2. The van der Waals surface area contributed by atoms with Crippen LogP contribution in [0.4, 0.5) is 27.6 Å². The Hall–Kier alpha value is -3.81. The van der Waals surface area contributed by atoms with Crippen LogP contribution in [0.1, 0.15) is 12.1 Å². The van der Waals surface area contributed by atoms with E-state index in [1.54, 1.807) is 0 Å². The average Bonchev–Trinajstić information content (AvgIpc) is 3.27. The van der Waals surface area contributed by atoms with Crippen molar-refractivity contribution in [2.45, 2.75) is 17.8 Å². The van der Waals surface area contributed by atoms with Crippen LogP contribution in [-0.4, -0.2) is 36.8 Å². The number of nitrogens with one attached hydrogen (secondary N) is 1. The van der Waals surface area contributed by atoms with E-state index >= 15 is 0 Å². The lowest BCUT2D eigenvalue weighted by atomic mass is 10.1. The number of sulfone groups is 1. The van der Waals surface area contributed by atoms with E-state index in [0.29, 0.717) is 17.9 Å². The molecule has 8 nitrogen and oxygen atoms in total. The smallest absolute Gasteiger partial charge is 0.433 e. The van der Waals surface area contributed by atoms with Crippen molar-refractivity contribution < 1.29 is 44.6 Å². The third-order valence-corrected chi connectivity index (χ3v) is 6.23. The molecule has 0 fully saturated rings. The van der Waals surface area contributed by atoms with Gasteiger partial charge in [-0.3, -0.25) is 4.79 Å². The first-order valence-corrected chi connectivity index (χ1v) is 11.4. The molecule has 0 unspecified atom stereocenters. The van der Waals surface area contributed by atoms with Gasteiger partial charge in [0.15, 0.2) is 11.5 Å². The molecule has 35 heavy (non-hydrogen) atoms. The standard InChI is InChI=1S/C21H14F5N3O5S/c22-12-2-3-14(13(23)8-12)27-19(30)5-6-35(31,32)20-28-15(9-18(29-20)21(24,25)26)11-1-4-16-17(7-11)34-10-33-16/h1-4,7-9H,5-6,10H2,(H,27,30). The largest absolute Gasteiger partial charge is 0.454 e. The number of anilines is 1. The monoisotopic (exact) mass is 515 g/mol. The average molecular weight is 515 g/mol. The number of amides is 1. The summed E-state index contributed by atoms with van der Waals surface area (Å²) < 4.78 is 103. The highest BCUT2D eigenvalue weighted by Crippen LogP contribution is 2.37. The van der Waals surface area contributed by atoms with Crippen molar-refractivity contribution in [3.05, 3.63) is 59.8 Å². The van der Waals surface area contributed by atoms with Gasteiger partial charge in [-0.2, -0.15) is 13.2 Å². The summed E-state index contributed by atoms with van der Waals surface area (Å²) in [5.74, 6) is -3.32. The zero-order chi connectivity index (χ0) is 25.4. The number of rotatable bonds is 6. The molecule has 2 aromatic carbocycles. The molecule has 1 aliphatic heterocycles. The second kappa shape index (κ2) is 9.09. The van der Waals surface area contributed by atoms with Crippen molar-refractivity contribution in [2.75, 3.05) is 17.9 Å². The van der Waals surface area contributed by atoms with Crippen LogP contribution in [0.25, 0.3) is 11.3 Å². The van der Waals surface area contributed by atoms with Gasteiger partial charge in [0.05, 0.1) is 17.1 Å². The molecule has 0 atom stereocenters. The van der Waals surface area contributed by atoms with Crippen molar-refractivity contribution in [3.63, 3.8) is 0 Å². The first-order valence-electron chi connectivity index (χ1n) is 9.76. The molecule has 1 N–H and O–H groups in total. The highest BCUT2D eigenvalue weighted by atomic mass is 32.2. The number of hydrogen-bond donors (Lipinski definition) is 1. The Morgan fingerprint density at radius 3 is 2.46 bits per heavy atom. The number of halogens is 5. The fourth-order valence-corrected chi connectivity index (χ4v) is 4.15. The van der Waals surface area contributed by atoms with Crippen molar-refractivity contribution in [1.82, 2.24) is 9.97 Å². The lowest BCUT2D eigenvalue weighted by Gasteiger charge is -2.12. The second-order valence-electron chi connectivity index (χ2n) is 7.23. The van der Waals surface area contributed by atoms with Crippen LogP contribution in [0.15, 0.2) is 47.6 Å². The Labute approximate surface area is 194 Å². The first-order chi connectivity index (χ1) is 16.4. The van der Waals surface area contributed by atoms with E-state index in [1.165, 1.54) is 18.2 Å². The molecule has 3 aromatic rings. The maximum atomic E-state index is 13.7. The van der Waals surface area contributed by atoms with Gasteiger partial charge in [-0.15, -0.1) is 0 Å². The van der Waals surface area contributed by atoms with Crippen LogP contribution in [0.2, 0.25) is 0 Å². The zero-order valence-corrected chi connectivity index (χ0v) is 18.2. The Morgan fingerprint density at radius 2 is 1.74 bits per heavy atom. The third-order valence-electron chi connectivity index (χ3n) is 4.75. The number of alkyl halides is 3. The number of fused-ring (bicyclic) bond motifs is 1. The molecular weight excluding hydrogens is 501 g/mol. The molecule has 2 heterocycles. The minimum Gasteiger partial charge on any atom is -0.454 e. The number of ether oxygens (including phenoxy) is 2. The maximum absolute atomic E-state index is 13.7. The molecule has 14 heteroatoms. The number of carbonyl (C=O) groups is 1. The van der Waals surface area contributed by atoms with E-state index in [0.717, 1.165) is 12.1 Å². The minimum atomic E-state index is -4.99. The molecule has 0 aliphatic carbocycles. The summed E-state index contributed by atoms with van der Waals surface area (Å²) in [6.07, 6.45) is -5.74. The summed E-state index contributed by atoms with van der Waals surface area (Å²) in [5, 5.41) is 0.928. The van der Waals surface area contributed by atoms with Crippen LogP contribution >= 0.6 is 0 Å². The number of benzene rings is 2. The maximum Gasteiger partial charge on any atom is 0.433 e. The Morgan fingerprint density at radius 1 is 1.00 bits per heavy atom. The van der Waals surface area contributed by atoms with Gasteiger partial charge in [0, 0.05) is 18.1 Å². The lowest BCUT2D eigenvalue weighted by Crippen LogP contribution is -2.21. The van der Waals surface area contributed by atoms with E-state index in [9.17, 15) is 35.2 Å². The fourth-order valence-electron chi connectivity index (χ4n) is 3.04. The number of hydrogen-bond acceptors (Lipinski definition) is 7. The molecule has 184 valence electrons. The summed E-state index contributed by atoms with van der Waals surface area (Å²) in [7, 11) is -4.58. The van der Waals surface area contributed by atoms with Crippen LogP contribution < -0.4 is 14.8 Å². The van der Waals surface area contributed by atoms with Gasteiger partial charge < -0.3 is 14.8 Å². The molecule has 0 bridgehead atoms. The Balaban J connectivity index is 1.59. The van der Waals surface area contributed by atoms with Crippen LogP contribution in [0, 0.1) is 11.6 Å². The van der Waals surface area contributed by atoms with Crippen LogP contribution in [0.5, 0.6) is 11.5 Å². The summed E-state index contributed by atoms with van der Waals surface area (Å²) in [5.41, 5.74) is -2.13. The fraction of sp³-hybridized carbons (Fsp3) is 0.190. The normalized spacial score (nSPS) is 13.1. The molecule has 0 saturated heterocycles. The van der Waals surface area contributed by atoms with Crippen LogP contribution in [-0.2, 0) is 20.8 Å². The van der Waals surface area contributed by atoms with Crippen molar-refractivity contribution >= 4 is 21.4 Å². The third kappa shape index (κ3) is 5.48. The molecule has 4 rings (SSSR count). The minimum absolute atomic E-state index is 0.0835. The Kier molecular flexibility index (Phi) is 6.32. The summed E-state index contributed by atoms with van der Waals surface area (Å²) in [4.78, 5) is 19.0. The van der Waals surface area contributed by atoms with E-state index in [2.05, 4.69) is 15.3 Å². The van der Waals surface area contributed by atoms with Gasteiger partial charge in [0.2, 0.25) is 27.7 Å². The molecule has 0 spiro atoms. The first kappa shape index (κ1) is 24.3. The molecule has 1 amide bonds. The highest BCUT2D eigenvalue weighted by molar-refractivity contribution is 7.91. The van der Waals surface area contributed by atoms with Gasteiger partial charge in [0.1, 0.15) is 17.3 Å². The summed E-state index contributed by atoms with van der Waals surface area (Å²) >= 11 is 0. The van der Waals surface area contributed by atoms with Crippen LogP contribution in [0.3, 0.4) is 0 Å². The predicted molar refractivity (Wildman–Crippen MR) is 110 cm³/mol.